The molecule has 0 aliphatic carbocycles. The maximum atomic E-state index is 12.7. The lowest BCUT2D eigenvalue weighted by Gasteiger charge is -2.15. The number of carbonyl (C=O) groups excluding carboxylic acids is 2. The number of carbonyl (C=O) groups is 2. The zero-order valence-electron chi connectivity index (χ0n) is 21.3. The van der Waals surface area contributed by atoms with Gasteiger partial charge >= 0.3 is 0 Å². The topological polar surface area (TPSA) is 135 Å². The van der Waals surface area contributed by atoms with Gasteiger partial charge in [0.05, 0.1) is 11.4 Å². The first kappa shape index (κ1) is 25.0. The SMILES string of the molecule is CN(C)CC=CC(=O)N1CCC(n2nc(-c3ccc(C(=O)Nc4ccccn4)cc3)c3c(N)ncnc32)C1. The third kappa shape index (κ3) is 5.23. The fourth-order valence-electron chi connectivity index (χ4n) is 4.47. The van der Waals surface area contributed by atoms with E-state index >= 15 is 0 Å². The second-order valence-corrected chi connectivity index (χ2v) is 9.39. The molecule has 5 rings (SSSR count). The third-order valence-corrected chi connectivity index (χ3v) is 6.40. The average molecular weight is 512 g/mol. The molecule has 1 atom stereocenters. The number of likely N-dealkylation sites (tertiary alicyclic amines) is 1. The van der Waals surface area contributed by atoms with E-state index in [0.29, 0.717) is 53.6 Å². The molecule has 2 amide bonds. The summed E-state index contributed by atoms with van der Waals surface area (Å²) in [5.74, 6) is 0.530. The Morgan fingerprint density at radius 3 is 2.68 bits per heavy atom. The molecule has 1 aromatic carbocycles. The standard InChI is InChI=1S/C27H29N9O2/c1-34(2)14-5-7-22(37)35-15-12-20(16-35)36-26-23(25(28)30-17-31-26)24(33-36)18-8-10-19(11-9-18)27(38)32-21-6-3-4-13-29-21/h3-11,13,17,20H,12,14-16H2,1-2H3,(H2,28,30,31)(H,29,32,38). The lowest BCUT2D eigenvalue weighted by atomic mass is 10.1. The zero-order chi connectivity index (χ0) is 26.6. The van der Waals surface area contributed by atoms with Crippen LogP contribution in [0.25, 0.3) is 22.3 Å². The van der Waals surface area contributed by atoms with Crippen LogP contribution in [0.5, 0.6) is 0 Å². The van der Waals surface area contributed by atoms with Gasteiger partial charge in [-0.05, 0) is 44.8 Å². The van der Waals surface area contributed by atoms with Crippen molar-refractivity contribution in [2.75, 3.05) is 44.8 Å². The molecule has 1 aliphatic heterocycles. The van der Waals surface area contributed by atoms with Crippen LogP contribution < -0.4 is 11.1 Å². The lowest BCUT2D eigenvalue weighted by molar-refractivity contribution is -0.125. The van der Waals surface area contributed by atoms with Crippen LogP contribution in [-0.2, 0) is 4.79 Å². The molecule has 0 radical (unpaired) electrons. The molecule has 0 saturated carbocycles. The predicted molar refractivity (Wildman–Crippen MR) is 145 cm³/mol. The number of benzene rings is 1. The molecule has 1 saturated heterocycles. The van der Waals surface area contributed by atoms with Gasteiger partial charge in [-0.3, -0.25) is 9.59 Å². The Labute approximate surface area is 220 Å². The molecule has 11 nitrogen and oxygen atoms in total. The Morgan fingerprint density at radius 1 is 1.13 bits per heavy atom. The molecule has 3 N–H and O–H groups in total. The summed E-state index contributed by atoms with van der Waals surface area (Å²) in [7, 11) is 3.92. The maximum absolute atomic E-state index is 12.7. The molecule has 1 unspecified atom stereocenters. The van der Waals surface area contributed by atoms with E-state index < -0.39 is 0 Å². The number of aromatic nitrogens is 5. The summed E-state index contributed by atoms with van der Waals surface area (Å²) >= 11 is 0. The number of nitrogens with one attached hydrogen (secondary N) is 1. The van der Waals surface area contributed by atoms with Crippen molar-refractivity contribution in [2.24, 2.45) is 0 Å². The smallest absolute Gasteiger partial charge is 0.256 e. The van der Waals surface area contributed by atoms with Crippen LogP contribution in [0.1, 0.15) is 22.8 Å². The molecule has 38 heavy (non-hydrogen) atoms. The highest BCUT2D eigenvalue weighted by atomic mass is 16.2. The Bertz CT molecular complexity index is 1480. The van der Waals surface area contributed by atoms with Gasteiger partial charge in [0.15, 0.2) is 5.65 Å². The van der Waals surface area contributed by atoms with Gasteiger partial charge in [-0.2, -0.15) is 5.10 Å². The summed E-state index contributed by atoms with van der Waals surface area (Å²) in [4.78, 5) is 41.9. The quantitative estimate of drug-likeness (QED) is 0.362. The van der Waals surface area contributed by atoms with Crippen molar-refractivity contribution < 1.29 is 9.59 Å². The van der Waals surface area contributed by atoms with Gasteiger partial charge < -0.3 is 20.9 Å². The molecule has 11 heteroatoms. The van der Waals surface area contributed by atoms with Gasteiger partial charge in [0.25, 0.3) is 5.91 Å². The summed E-state index contributed by atoms with van der Waals surface area (Å²) < 4.78 is 1.85. The van der Waals surface area contributed by atoms with Crippen molar-refractivity contribution in [1.29, 1.82) is 0 Å². The van der Waals surface area contributed by atoms with Crippen LogP contribution in [0.3, 0.4) is 0 Å². The highest BCUT2D eigenvalue weighted by molar-refractivity contribution is 6.04. The van der Waals surface area contributed by atoms with Crippen LogP contribution in [0.2, 0.25) is 0 Å². The molecule has 4 heterocycles. The Kier molecular flexibility index (Phi) is 7.09. The number of amides is 2. The molecule has 1 fully saturated rings. The van der Waals surface area contributed by atoms with Crippen LogP contribution in [0.4, 0.5) is 11.6 Å². The van der Waals surface area contributed by atoms with Gasteiger partial charge in [-0.15, -0.1) is 0 Å². The Morgan fingerprint density at radius 2 is 1.95 bits per heavy atom. The minimum Gasteiger partial charge on any atom is -0.383 e. The summed E-state index contributed by atoms with van der Waals surface area (Å²) in [5, 5.41) is 8.31. The summed E-state index contributed by atoms with van der Waals surface area (Å²) in [5.41, 5.74) is 8.79. The minimum atomic E-state index is -0.260. The highest BCUT2D eigenvalue weighted by Crippen LogP contribution is 2.34. The van der Waals surface area contributed by atoms with E-state index in [0.717, 1.165) is 12.0 Å². The monoisotopic (exact) mass is 511 g/mol. The molecule has 194 valence electrons. The van der Waals surface area contributed by atoms with Crippen LogP contribution in [0, 0.1) is 0 Å². The van der Waals surface area contributed by atoms with Gasteiger partial charge in [-0.1, -0.05) is 24.3 Å². The number of nitrogen functional groups attached to an aromatic ring is 1. The zero-order valence-corrected chi connectivity index (χ0v) is 21.3. The van der Waals surface area contributed by atoms with Crippen LogP contribution >= 0.6 is 0 Å². The summed E-state index contributed by atoms with van der Waals surface area (Å²) in [6.07, 6.45) is 7.28. The largest absolute Gasteiger partial charge is 0.383 e. The van der Waals surface area contributed by atoms with E-state index in [-0.39, 0.29) is 17.9 Å². The first-order valence-corrected chi connectivity index (χ1v) is 12.3. The van der Waals surface area contributed by atoms with Gasteiger partial charge in [0.1, 0.15) is 23.7 Å². The first-order chi connectivity index (χ1) is 18.4. The van der Waals surface area contributed by atoms with Gasteiger partial charge in [-0.25, -0.2) is 19.6 Å². The number of rotatable bonds is 7. The molecular weight excluding hydrogens is 482 g/mol. The average Bonchev–Trinajstić information content (AvgIpc) is 3.55. The minimum absolute atomic E-state index is 0.0141. The van der Waals surface area contributed by atoms with E-state index in [1.165, 1.54) is 6.33 Å². The second kappa shape index (κ2) is 10.8. The van der Waals surface area contributed by atoms with E-state index in [2.05, 4.69) is 20.3 Å². The van der Waals surface area contributed by atoms with Crippen molar-refractivity contribution in [3.8, 4) is 11.3 Å². The lowest BCUT2D eigenvalue weighted by Crippen LogP contribution is -2.28. The number of anilines is 2. The molecule has 3 aromatic heterocycles. The summed E-state index contributed by atoms with van der Waals surface area (Å²) in [6, 6.07) is 12.4. The third-order valence-electron chi connectivity index (χ3n) is 6.40. The van der Waals surface area contributed by atoms with Crippen molar-refractivity contribution in [3.05, 3.63) is 72.7 Å². The maximum Gasteiger partial charge on any atom is 0.256 e. The molecule has 0 bridgehead atoms. The van der Waals surface area contributed by atoms with Crippen molar-refractivity contribution >= 4 is 34.5 Å². The van der Waals surface area contributed by atoms with E-state index in [9.17, 15) is 9.59 Å². The number of nitrogens with zero attached hydrogens (tertiary/aromatic N) is 7. The van der Waals surface area contributed by atoms with Gasteiger partial charge in [0, 0.05) is 43.0 Å². The van der Waals surface area contributed by atoms with E-state index in [1.54, 1.807) is 42.6 Å². The second-order valence-electron chi connectivity index (χ2n) is 9.39. The molecule has 4 aromatic rings. The van der Waals surface area contributed by atoms with E-state index in [4.69, 9.17) is 10.8 Å². The van der Waals surface area contributed by atoms with Crippen molar-refractivity contribution in [1.82, 2.24) is 34.5 Å². The highest BCUT2D eigenvalue weighted by Gasteiger charge is 2.30. The molecule has 0 spiro atoms. The first-order valence-electron chi connectivity index (χ1n) is 12.3. The number of hydrogen-bond donors (Lipinski definition) is 2. The van der Waals surface area contributed by atoms with Crippen molar-refractivity contribution in [2.45, 2.75) is 12.5 Å². The van der Waals surface area contributed by atoms with Gasteiger partial charge in [0.2, 0.25) is 5.91 Å². The number of fused-ring (bicyclic) bond motifs is 1. The number of hydrogen-bond acceptors (Lipinski definition) is 8. The van der Waals surface area contributed by atoms with Crippen molar-refractivity contribution in [3.63, 3.8) is 0 Å². The Hall–Kier alpha value is -4.64. The molecular formula is C27H29N9O2. The number of likely N-dealkylation sites (N-methyl/N-ethyl adjacent to an activating group) is 1. The van der Waals surface area contributed by atoms with Crippen LogP contribution in [-0.4, -0.2) is 80.1 Å². The fourth-order valence-corrected chi connectivity index (χ4v) is 4.47. The Balaban J connectivity index is 1.39. The number of pyridine rings is 1. The van der Waals surface area contributed by atoms with Crippen LogP contribution in [0.15, 0.2) is 67.1 Å². The predicted octanol–water partition coefficient (Wildman–Crippen LogP) is 2.61. The summed E-state index contributed by atoms with van der Waals surface area (Å²) in [6.45, 7) is 1.86. The fraction of sp³-hybridized carbons (Fsp3) is 0.259. The number of nitrogens with two attached hydrogens (primary N) is 1. The van der Waals surface area contributed by atoms with E-state index in [1.807, 2.05) is 46.8 Å². The normalized spacial score (nSPS) is 15.6. The molecule has 1 aliphatic rings.